The van der Waals surface area contributed by atoms with Crippen molar-refractivity contribution < 1.29 is 4.74 Å². The molecule has 19 heavy (non-hydrogen) atoms. The highest BCUT2D eigenvalue weighted by molar-refractivity contribution is 6.31. The molecule has 3 nitrogen and oxygen atoms in total. The van der Waals surface area contributed by atoms with Crippen molar-refractivity contribution in [1.82, 2.24) is 5.32 Å². The van der Waals surface area contributed by atoms with Crippen LogP contribution in [0.3, 0.4) is 0 Å². The Morgan fingerprint density at radius 1 is 1.26 bits per heavy atom. The monoisotopic (exact) mass is 280 g/mol. The van der Waals surface area contributed by atoms with Crippen LogP contribution < -0.4 is 15.0 Å². The third-order valence-corrected chi connectivity index (χ3v) is 4.45. The summed E-state index contributed by atoms with van der Waals surface area (Å²) in [6, 6.07) is 5.46. The van der Waals surface area contributed by atoms with Crippen LogP contribution in [0, 0.1) is 6.92 Å². The minimum Gasteiger partial charge on any atom is -0.495 e. The molecule has 1 aliphatic carbocycles. The molecule has 0 radical (unpaired) electrons. The number of nitrogens with zero attached hydrogens (tertiary/aromatic N) is 1. The van der Waals surface area contributed by atoms with Gasteiger partial charge in [0.1, 0.15) is 5.75 Å². The maximum atomic E-state index is 6.17. The van der Waals surface area contributed by atoms with Crippen molar-refractivity contribution in [3.05, 3.63) is 22.7 Å². The van der Waals surface area contributed by atoms with Crippen molar-refractivity contribution in [2.75, 3.05) is 25.1 Å². The van der Waals surface area contributed by atoms with Crippen LogP contribution in [0.1, 0.15) is 24.8 Å². The third-order valence-electron chi connectivity index (χ3n) is 4.04. The zero-order valence-electron chi connectivity index (χ0n) is 11.6. The number of aryl methyl sites for hydroxylation is 1. The first-order valence-corrected chi connectivity index (χ1v) is 7.40. The van der Waals surface area contributed by atoms with Crippen molar-refractivity contribution in [3.8, 4) is 5.75 Å². The molecule has 104 valence electrons. The maximum Gasteiger partial charge on any atom is 0.143 e. The van der Waals surface area contributed by atoms with Gasteiger partial charge >= 0.3 is 0 Å². The lowest BCUT2D eigenvalue weighted by molar-refractivity contribution is 0.414. The van der Waals surface area contributed by atoms with E-state index in [0.29, 0.717) is 6.04 Å². The largest absolute Gasteiger partial charge is 0.495 e. The molecule has 1 saturated heterocycles. The van der Waals surface area contributed by atoms with E-state index in [1.54, 1.807) is 7.11 Å². The van der Waals surface area contributed by atoms with Gasteiger partial charge in [0.2, 0.25) is 0 Å². The molecule has 1 N–H and O–H groups in total. The van der Waals surface area contributed by atoms with Gasteiger partial charge in [0.25, 0.3) is 0 Å². The molecular formula is C15H21ClN2O. The van der Waals surface area contributed by atoms with E-state index >= 15 is 0 Å². The van der Waals surface area contributed by atoms with Crippen LogP contribution in [-0.2, 0) is 0 Å². The van der Waals surface area contributed by atoms with E-state index in [9.17, 15) is 0 Å². The number of halogens is 1. The van der Waals surface area contributed by atoms with Crippen LogP contribution in [0.4, 0.5) is 5.69 Å². The Kier molecular flexibility index (Phi) is 3.59. The van der Waals surface area contributed by atoms with Gasteiger partial charge in [-0.3, -0.25) is 0 Å². The number of benzene rings is 1. The molecule has 1 aliphatic heterocycles. The smallest absolute Gasteiger partial charge is 0.143 e. The van der Waals surface area contributed by atoms with Gasteiger partial charge in [-0.15, -0.1) is 0 Å². The summed E-state index contributed by atoms with van der Waals surface area (Å²) in [5.74, 6) is 0.877. The summed E-state index contributed by atoms with van der Waals surface area (Å²) in [5, 5.41) is 4.48. The molecule has 4 heteroatoms. The average molecular weight is 281 g/mol. The van der Waals surface area contributed by atoms with Crippen LogP contribution in [0.25, 0.3) is 0 Å². The lowest BCUT2D eigenvalue weighted by Crippen LogP contribution is -2.34. The number of hydrogen-bond donors (Lipinski definition) is 1. The molecule has 1 aromatic carbocycles. The van der Waals surface area contributed by atoms with Crippen molar-refractivity contribution >= 4 is 17.3 Å². The van der Waals surface area contributed by atoms with Gasteiger partial charge in [-0.25, -0.2) is 0 Å². The lowest BCUT2D eigenvalue weighted by atomic mass is 10.2. The second-order valence-corrected chi connectivity index (χ2v) is 6.05. The van der Waals surface area contributed by atoms with Crippen LogP contribution in [0.5, 0.6) is 5.75 Å². The van der Waals surface area contributed by atoms with E-state index in [2.05, 4.69) is 16.3 Å². The van der Waals surface area contributed by atoms with Crippen LogP contribution in [-0.4, -0.2) is 32.3 Å². The number of hydrogen-bond acceptors (Lipinski definition) is 3. The quantitative estimate of drug-likeness (QED) is 0.918. The summed E-state index contributed by atoms with van der Waals surface area (Å²) in [6.45, 7) is 4.19. The van der Waals surface area contributed by atoms with Gasteiger partial charge in [0.15, 0.2) is 0 Å². The molecule has 1 unspecified atom stereocenters. The second-order valence-electron chi connectivity index (χ2n) is 5.65. The Morgan fingerprint density at radius 3 is 2.74 bits per heavy atom. The Labute approximate surface area is 119 Å². The Morgan fingerprint density at radius 2 is 2.05 bits per heavy atom. The van der Waals surface area contributed by atoms with E-state index in [1.165, 1.54) is 24.9 Å². The summed E-state index contributed by atoms with van der Waals surface area (Å²) in [6.07, 6.45) is 3.90. The highest BCUT2D eigenvalue weighted by Crippen LogP contribution is 2.35. The molecule has 0 spiro atoms. The Balaban J connectivity index is 1.76. The predicted octanol–water partition coefficient (Wildman–Crippen LogP) is 2.99. The van der Waals surface area contributed by atoms with Gasteiger partial charge in [0.05, 0.1) is 12.8 Å². The summed E-state index contributed by atoms with van der Waals surface area (Å²) < 4.78 is 5.48. The van der Waals surface area contributed by atoms with Crippen LogP contribution in [0.15, 0.2) is 12.1 Å². The molecule has 2 fully saturated rings. The average Bonchev–Trinajstić information content (AvgIpc) is 3.08. The molecule has 1 atom stereocenters. The van der Waals surface area contributed by atoms with Gasteiger partial charge in [-0.2, -0.15) is 0 Å². The summed E-state index contributed by atoms with van der Waals surface area (Å²) >= 11 is 6.17. The summed E-state index contributed by atoms with van der Waals surface area (Å²) in [4.78, 5) is 2.40. The first kappa shape index (κ1) is 13.1. The zero-order chi connectivity index (χ0) is 13.4. The third kappa shape index (κ3) is 2.82. The van der Waals surface area contributed by atoms with Crippen molar-refractivity contribution in [1.29, 1.82) is 0 Å². The molecule has 0 aromatic heterocycles. The first-order chi connectivity index (χ1) is 9.17. The Bertz CT molecular complexity index is 473. The summed E-state index contributed by atoms with van der Waals surface area (Å²) in [5.41, 5.74) is 2.28. The molecule has 0 bridgehead atoms. The van der Waals surface area contributed by atoms with Crippen molar-refractivity contribution in [3.63, 3.8) is 0 Å². The standard InChI is InChI=1S/C15H21ClN2O/c1-10-7-14(15(19-2)8-13(10)16)18-6-5-12(9-18)17-11-3-4-11/h7-8,11-12,17H,3-6,9H2,1-2H3. The number of methoxy groups -OCH3 is 1. The fourth-order valence-electron chi connectivity index (χ4n) is 2.76. The SMILES string of the molecule is COc1cc(Cl)c(C)cc1N1CCC(NC2CC2)C1. The highest BCUT2D eigenvalue weighted by atomic mass is 35.5. The fraction of sp³-hybridized carbons (Fsp3) is 0.600. The van der Waals surface area contributed by atoms with Gasteiger partial charge < -0.3 is 15.0 Å². The summed E-state index contributed by atoms with van der Waals surface area (Å²) in [7, 11) is 1.71. The lowest BCUT2D eigenvalue weighted by Gasteiger charge is -2.22. The first-order valence-electron chi connectivity index (χ1n) is 7.02. The predicted molar refractivity (Wildman–Crippen MR) is 79.5 cm³/mol. The van der Waals surface area contributed by atoms with E-state index < -0.39 is 0 Å². The van der Waals surface area contributed by atoms with Crippen molar-refractivity contribution in [2.24, 2.45) is 0 Å². The normalized spacial score (nSPS) is 22.9. The van der Waals surface area contributed by atoms with E-state index in [4.69, 9.17) is 16.3 Å². The molecular weight excluding hydrogens is 260 g/mol. The number of rotatable bonds is 4. The molecule has 1 aromatic rings. The number of ether oxygens (including phenoxy) is 1. The van der Waals surface area contributed by atoms with Gasteiger partial charge in [-0.05, 0) is 37.8 Å². The molecule has 0 amide bonds. The van der Waals surface area contributed by atoms with Gasteiger partial charge in [-0.1, -0.05) is 11.6 Å². The minimum absolute atomic E-state index is 0.619. The minimum atomic E-state index is 0.619. The Hall–Kier alpha value is -0.930. The molecule has 3 rings (SSSR count). The zero-order valence-corrected chi connectivity index (χ0v) is 12.3. The second kappa shape index (κ2) is 5.22. The molecule has 1 saturated carbocycles. The van der Waals surface area contributed by atoms with E-state index in [0.717, 1.165) is 35.5 Å². The van der Waals surface area contributed by atoms with E-state index in [1.807, 2.05) is 13.0 Å². The van der Waals surface area contributed by atoms with E-state index in [-0.39, 0.29) is 0 Å². The van der Waals surface area contributed by atoms with Crippen LogP contribution in [0.2, 0.25) is 5.02 Å². The van der Waals surface area contributed by atoms with Crippen molar-refractivity contribution in [2.45, 2.75) is 38.3 Å². The van der Waals surface area contributed by atoms with Gasteiger partial charge in [0, 0.05) is 36.3 Å². The topological polar surface area (TPSA) is 24.5 Å². The fourth-order valence-corrected chi connectivity index (χ4v) is 2.91. The number of nitrogens with one attached hydrogen (secondary N) is 1. The maximum absolute atomic E-state index is 6.17. The van der Waals surface area contributed by atoms with Crippen LogP contribution >= 0.6 is 11.6 Å². The number of anilines is 1. The molecule has 1 heterocycles. The molecule has 2 aliphatic rings. The highest BCUT2D eigenvalue weighted by Gasteiger charge is 2.30.